The lowest BCUT2D eigenvalue weighted by atomic mass is 9.59. The van der Waals surface area contributed by atoms with Gasteiger partial charge in [-0.05, 0) is 75.6 Å². The van der Waals surface area contributed by atoms with E-state index in [1.54, 1.807) is 18.3 Å². The summed E-state index contributed by atoms with van der Waals surface area (Å²) in [6.45, 7) is 10.8. The molecule has 0 spiro atoms. The lowest BCUT2D eigenvalue weighted by Crippen LogP contribution is -2.53. The highest BCUT2D eigenvalue weighted by atomic mass is 16.6. The number of allylic oxidation sites excluding steroid dienone is 2. The summed E-state index contributed by atoms with van der Waals surface area (Å²) < 4.78 is 11.3. The molecule has 2 aliphatic carbocycles. The second-order valence-electron chi connectivity index (χ2n) is 10.8. The summed E-state index contributed by atoms with van der Waals surface area (Å²) >= 11 is 0. The molecule has 32 heavy (non-hydrogen) atoms. The second kappa shape index (κ2) is 8.40. The van der Waals surface area contributed by atoms with Crippen LogP contribution >= 0.6 is 0 Å². The Morgan fingerprint density at radius 1 is 1.22 bits per heavy atom. The first-order chi connectivity index (χ1) is 15.4. The summed E-state index contributed by atoms with van der Waals surface area (Å²) in [5.41, 5.74) is 4.71. The van der Waals surface area contributed by atoms with Crippen LogP contribution in [0.25, 0.3) is 0 Å². The third kappa shape index (κ3) is 3.83. The Morgan fingerprint density at radius 3 is 2.72 bits per heavy atom. The average molecular weight is 439 g/mol. The van der Waals surface area contributed by atoms with Gasteiger partial charge in [-0.25, -0.2) is 0 Å². The van der Waals surface area contributed by atoms with E-state index in [0.717, 1.165) is 44.8 Å². The van der Waals surface area contributed by atoms with E-state index < -0.39 is 0 Å². The normalized spacial score (nSPS) is 35.4. The van der Waals surface area contributed by atoms with Crippen molar-refractivity contribution >= 4 is 11.7 Å². The quantitative estimate of drug-likeness (QED) is 0.505. The van der Waals surface area contributed by atoms with Crippen LogP contribution in [-0.2, 0) is 9.53 Å². The van der Waals surface area contributed by atoms with Crippen molar-refractivity contribution in [1.29, 1.82) is 0 Å². The number of hydrogen-bond acceptors (Lipinski definition) is 5. The number of anilines is 1. The standard InChI is InChI=1S/C27H38N2O3/c1-18-6-5-11-27(3)15-25-22(14-24(18)27)23(26(30)32-25)17-28-12-13-29(19(2)16-28)20-7-9-21(31-4)10-8-20/h7-10,19,22-23,25H,5-6,11-17H2,1-4H3/t19-,22+,23+,25-,27-/m1/s1. The van der Waals surface area contributed by atoms with E-state index in [9.17, 15) is 4.79 Å². The van der Waals surface area contributed by atoms with Crippen molar-refractivity contribution in [1.82, 2.24) is 4.90 Å². The van der Waals surface area contributed by atoms with E-state index in [4.69, 9.17) is 9.47 Å². The molecule has 4 aliphatic rings. The van der Waals surface area contributed by atoms with Crippen LogP contribution in [0, 0.1) is 17.3 Å². The third-order valence-electron chi connectivity index (χ3n) is 8.75. The van der Waals surface area contributed by atoms with Crippen LogP contribution in [0.2, 0.25) is 0 Å². The molecule has 0 amide bonds. The number of hydrogen-bond donors (Lipinski definition) is 0. The summed E-state index contributed by atoms with van der Waals surface area (Å²) in [5.74, 6) is 1.31. The molecule has 1 aromatic carbocycles. The molecule has 5 nitrogen and oxygen atoms in total. The zero-order chi connectivity index (χ0) is 22.5. The van der Waals surface area contributed by atoms with Crippen molar-refractivity contribution < 1.29 is 14.3 Å². The molecule has 0 radical (unpaired) electrons. The Labute approximate surface area is 192 Å². The van der Waals surface area contributed by atoms with Gasteiger partial charge in [-0.1, -0.05) is 18.1 Å². The maximum atomic E-state index is 12.9. The first-order valence-electron chi connectivity index (χ1n) is 12.4. The van der Waals surface area contributed by atoms with E-state index in [2.05, 4.69) is 42.7 Å². The smallest absolute Gasteiger partial charge is 0.310 e. The topological polar surface area (TPSA) is 42.0 Å². The Kier molecular flexibility index (Phi) is 5.73. The molecule has 5 rings (SSSR count). The lowest BCUT2D eigenvalue weighted by Gasteiger charge is -2.46. The highest BCUT2D eigenvalue weighted by Gasteiger charge is 2.53. The maximum Gasteiger partial charge on any atom is 0.310 e. The van der Waals surface area contributed by atoms with E-state index in [0.29, 0.717) is 12.0 Å². The number of benzene rings is 1. The van der Waals surface area contributed by atoms with E-state index in [-0.39, 0.29) is 23.4 Å². The third-order valence-corrected chi connectivity index (χ3v) is 8.75. The van der Waals surface area contributed by atoms with E-state index in [1.807, 2.05) is 12.1 Å². The zero-order valence-corrected chi connectivity index (χ0v) is 20.1. The largest absolute Gasteiger partial charge is 0.497 e. The molecule has 2 saturated heterocycles. The molecule has 2 heterocycles. The highest BCUT2D eigenvalue weighted by molar-refractivity contribution is 5.76. The maximum absolute atomic E-state index is 12.9. The zero-order valence-electron chi connectivity index (χ0n) is 20.1. The number of fused-ring (bicyclic) bond motifs is 2. The fraction of sp³-hybridized carbons (Fsp3) is 0.667. The van der Waals surface area contributed by atoms with Crippen LogP contribution in [0.3, 0.4) is 0 Å². The van der Waals surface area contributed by atoms with Gasteiger partial charge in [0.05, 0.1) is 13.0 Å². The molecule has 5 heteroatoms. The van der Waals surface area contributed by atoms with Crippen LogP contribution in [0.15, 0.2) is 35.4 Å². The number of piperazine rings is 1. The number of rotatable bonds is 4. The van der Waals surface area contributed by atoms with Crippen LogP contribution in [-0.4, -0.2) is 56.3 Å². The van der Waals surface area contributed by atoms with E-state index >= 15 is 0 Å². The van der Waals surface area contributed by atoms with Crippen molar-refractivity contribution in [3.05, 3.63) is 35.4 Å². The summed E-state index contributed by atoms with van der Waals surface area (Å²) in [6.07, 6.45) is 5.95. The van der Waals surface area contributed by atoms with Crippen LogP contribution < -0.4 is 9.64 Å². The minimum Gasteiger partial charge on any atom is -0.497 e. The number of esters is 1. The van der Waals surface area contributed by atoms with Crippen LogP contribution in [0.4, 0.5) is 5.69 Å². The van der Waals surface area contributed by atoms with Crippen molar-refractivity contribution in [3.63, 3.8) is 0 Å². The number of nitrogens with zero attached hydrogens (tertiary/aromatic N) is 2. The van der Waals surface area contributed by atoms with Crippen LogP contribution in [0.1, 0.15) is 52.9 Å². The summed E-state index contributed by atoms with van der Waals surface area (Å²) in [5, 5.41) is 0. The summed E-state index contributed by atoms with van der Waals surface area (Å²) in [4.78, 5) is 17.9. The second-order valence-corrected chi connectivity index (χ2v) is 10.8. The van der Waals surface area contributed by atoms with Crippen LogP contribution in [0.5, 0.6) is 5.75 Å². The van der Waals surface area contributed by atoms with Crippen molar-refractivity contribution in [2.75, 3.05) is 38.2 Å². The minimum atomic E-state index is 0.0199. The van der Waals surface area contributed by atoms with Gasteiger partial charge in [0.1, 0.15) is 11.9 Å². The van der Waals surface area contributed by atoms with Gasteiger partial charge in [0.2, 0.25) is 0 Å². The molecule has 1 saturated carbocycles. The van der Waals surface area contributed by atoms with Gasteiger partial charge < -0.3 is 14.4 Å². The highest BCUT2D eigenvalue weighted by Crippen LogP contribution is 2.55. The fourth-order valence-corrected chi connectivity index (χ4v) is 6.96. The van der Waals surface area contributed by atoms with Gasteiger partial charge in [-0.3, -0.25) is 9.69 Å². The monoisotopic (exact) mass is 438 g/mol. The molecule has 5 atom stereocenters. The first-order valence-corrected chi connectivity index (χ1v) is 12.4. The molecule has 3 fully saturated rings. The first kappa shape index (κ1) is 21.8. The predicted molar refractivity (Wildman–Crippen MR) is 127 cm³/mol. The SMILES string of the molecule is COc1ccc(N2CCN(C[C@@H]3C(=O)O[C@@H]4C[C@@]5(C)CCCC(C)=C5C[C@@H]34)C[C@H]2C)cc1. The van der Waals surface area contributed by atoms with Gasteiger partial charge in [0.15, 0.2) is 0 Å². The molecule has 0 bridgehead atoms. The number of methoxy groups -OCH3 is 1. The van der Waals surface area contributed by atoms with E-state index in [1.165, 1.54) is 24.9 Å². The Morgan fingerprint density at radius 2 is 2.00 bits per heavy atom. The minimum absolute atomic E-state index is 0.0199. The predicted octanol–water partition coefficient (Wildman–Crippen LogP) is 4.66. The molecule has 1 aromatic rings. The van der Waals surface area contributed by atoms with Gasteiger partial charge in [-0.2, -0.15) is 0 Å². The molecular weight excluding hydrogens is 400 g/mol. The van der Waals surface area contributed by atoms with Crippen molar-refractivity contribution in [2.45, 2.75) is 65.0 Å². The molecular formula is C27H38N2O3. The van der Waals surface area contributed by atoms with Crippen molar-refractivity contribution in [2.24, 2.45) is 17.3 Å². The van der Waals surface area contributed by atoms with Gasteiger partial charge in [-0.15, -0.1) is 0 Å². The summed E-state index contributed by atoms with van der Waals surface area (Å²) in [6, 6.07) is 8.75. The number of ether oxygens (including phenoxy) is 2. The Bertz CT molecular complexity index is 895. The molecule has 0 aromatic heterocycles. The molecule has 0 N–H and O–H groups in total. The molecule has 174 valence electrons. The Hall–Kier alpha value is -2.01. The van der Waals surface area contributed by atoms with Gasteiger partial charge in [0, 0.05) is 43.8 Å². The summed E-state index contributed by atoms with van der Waals surface area (Å²) in [7, 11) is 1.70. The molecule has 0 unspecified atom stereocenters. The van der Waals surface area contributed by atoms with Gasteiger partial charge >= 0.3 is 5.97 Å². The lowest BCUT2D eigenvalue weighted by molar-refractivity contribution is -0.145. The van der Waals surface area contributed by atoms with Gasteiger partial charge in [0.25, 0.3) is 0 Å². The van der Waals surface area contributed by atoms with Crippen molar-refractivity contribution in [3.8, 4) is 5.75 Å². The Balaban J connectivity index is 1.25. The molecule has 2 aliphatic heterocycles. The number of carbonyl (C=O) groups excluding carboxylic acids is 1. The fourth-order valence-electron chi connectivity index (χ4n) is 6.96. The average Bonchev–Trinajstić information content (AvgIpc) is 3.06. The number of carbonyl (C=O) groups is 1.